The maximum atomic E-state index is 11.7. The molecule has 0 N–H and O–H groups in total. The van der Waals surface area contributed by atoms with Crippen LogP contribution < -0.4 is 0 Å². The molecule has 0 saturated carbocycles. The average molecular weight is 288 g/mol. The number of benzene rings is 1. The van der Waals surface area contributed by atoms with Crippen molar-refractivity contribution in [2.45, 2.75) is 29.9 Å². The molecule has 2 atom stereocenters. The van der Waals surface area contributed by atoms with Crippen LogP contribution in [0.3, 0.4) is 0 Å². The van der Waals surface area contributed by atoms with E-state index in [2.05, 4.69) is 17.1 Å². The Morgan fingerprint density at radius 2 is 2.10 bits per heavy atom. The van der Waals surface area contributed by atoms with Crippen LogP contribution in [-0.2, 0) is 16.6 Å². The van der Waals surface area contributed by atoms with Crippen molar-refractivity contribution in [3.63, 3.8) is 0 Å². The molecule has 5 heteroatoms. The zero-order chi connectivity index (χ0) is 14.1. The summed E-state index contributed by atoms with van der Waals surface area (Å²) in [5.74, 6) is -0.133. The first kappa shape index (κ1) is 13.2. The topological polar surface area (TPSA) is 44.1 Å². The minimum atomic E-state index is -0.144. The zero-order valence-corrected chi connectivity index (χ0v) is 12.3. The molecule has 1 fully saturated rings. The van der Waals surface area contributed by atoms with Crippen LogP contribution in [0.15, 0.2) is 41.7 Å². The van der Waals surface area contributed by atoms with Crippen LogP contribution in [-0.4, -0.2) is 26.9 Å². The van der Waals surface area contributed by atoms with Gasteiger partial charge in [0.15, 0.2) is 5.16 Å². The maximum absolute atomic E-state index is 11.7. The number of nitrogens with zero attached hydrogens (tertiary/aromatic N) is 2. The Hall–Kier alpha value is -1.75. The molecule has 4 nitrogen and oxygen atoms in total. The SMILES string of the molecule is C[C@@H]1C[C@@H](Sc2ncc(-c3ccccc3)n2C)C(=O)O1. The lowest BCUT2D eigenvalue weighted by Crippen LogP contribution is -2.10. The number of hydrogen-bond donors (Lipinski definition) is 0. The van der Waals surface area contributed by atoms with Gasteiger partial charge in [-0.2, -0.15) is 0 Å². The van der Waals surface area contributed by atoms with Gasteiger partial charge >= 0.3 is 5.97 Å². The standard InChI is InChI=1S/C15H16N2O2S/c1-10-8-13(14(18)19-10)20-15-16-9-12(17(15)2)11-6-4-3-5-7-11/h3-7,9-10,13H,8H2,1-2H3/t10-,13-/m1/s1. The van der Waals surface area contributed by atoms with Crippen LogP contribution in [0, 0.1) is 0 Å². The number of esters is 1. The van der Waals surface area contributed by atoms with E-state index in [1.54, 1.807) is 0 Å². The van der Waals surface area contributed by atoms with Gasteiger partial charge in [-0.05, 0) is 12.5 Å². The minimum Gasteiger partial charge on any atom is -0.462 e. The summed E-state index contributed by atoms with van der Waals surface area (Å²) in [5, 5.41) is 0.703. The first-order valence-electron chi connectivity index (χ1n) is 6.59. The first-order chi connectivity index (χ1) is 9.65. The number of carbonyl (C=O) groups is 1. The van der Waals surface area contributed by atoms with Crippen molar-refractivity contribution in [3.05, 3.63) is 36.5 Å². The molecular weight excluding hydrogens is 272 g/mol. The fourth-order valence-electron chi connectivity index (χ4n) is 2.32. The predicted molar refractivity (Wildman–Crippen MR) is 78.5 cm³/mol. The van der Waals surface area contributed by atoms with Crippen LogP contribution in [0.2, 0.25) is 0 Å². The predicted octanol–water partition coefficient (Wildman–Crippen LogP) is 2.88. The van der Waals surface area contributed by atoms with Crippen molar-refractivity contribution in [3.8, 4) is 11.3 Å². The number of rotatable bonds is 3. The Morgan fingerprint density at radius 1 is 1.35 bits per heavy atom. The lowest BCUT2D eigenvalue weighted by molar-refractivity contribution is -0.140. The molecule has 20 heavy (non-hydrogen) atoms. The summed E-state index contributed by atoms with van der Waals surface area (Å²) < 4.78 is 7.20. The number of cyclic esters (lactones) is 1. The Morgan fingerprint density at radius 3 is 2.75 bits per heavy atom. The minimum absolute atomic E-state index is 0.00821. The summed E-state index contributed by atoms with van der Waals surface area (Å²) in [6.45, 7) is 1.92. The summed E-state index contributed by atoms with van der Waals surface area (Å²) in [5.41, 5.74) is 2.17. The van der Waals surface area contributed by atoms with E-state index >= 15 is 0 Å². The van der Waals surface area contributed by atoms with Crippen LogP contribution in [0.25, 0.3) is 11.3 Å². The van der Waals surface area contributed by atoms with Crippen molar-refractivity contribution < 1.29 is 9.53 Å². The van der Waals surface area contributed by atoms with Crippen molar-refractivity contribution >= 4 is 17.7 Å². The molecule has 0 spiro atoms. The third-order valence-corrected chi connectivity index (χ3v) is 4.65. The summed E-state index contributed by atoms with van der Waals surface area (Å²) in [6, 6.07) is 10.1. The molecule has 2 aromatic rings. The molecule has 0 radical (unpaired) electrons. The second-order valence-corrected chi connectivity index (χ2v) is 6.11. The second kappa shape index (κ2) is 5.32. The van der Waals surface area contributed by atoms with E-state index in [9.17, 15) is 4.79 Å². The average Bonchev–Trinajstić information content (AvgIpc) is 2.95. The van der Waals surface area contributed by atoms with Crippen molar-refractivity contribution in [2.75, 3.05) is 0 Å². The van der Waals surface area contributed by atoms with Gasteiger partial charge in [-0.3, -0.25) is 4.79 Å². The molecule has 0 bridgehead atoms. The molecule has 1 aromatic heterocycles. The van der Waals surface area contributed by atoms with Crippen LogP contribution in [0.4, 0.5) is 0 Å². The maximum Gasteiger partial charge on any atom is 0.319 e. The monoisotopic (exact) mass is 288 g/mol. The molecule has 1 saturated heterocycles. The number of aromatic nitrogens is 2. The third kappa shape index (κ3) is 2.45. The van der Waals surface area contributed by atoms with Gasteiger partial charge in [0, 0.05) is 13.5 Å². The van der Waals surface area contributed by atoms with E-state index in [-0.39, 0.29) is 17.3 Å². The molecule has 0 amide bonds. The fourth-order valence-corrected chi connectivity index (χ4v) is 3.47. The lowest BCUT2D eigenvalue weighted by Gasteiger charge is -2.07. The Kier molecular flexibility index (Phi) is 3.53. The van der Waals surface area contributed by atoms with Crippen molar-refractivity contribution in [2.24, 2.45) is 7.05 Å². The fraction of sp³-hybridized carbons (Fsp3) is 0.333. The van der Waals surface area contributed by atoms with E-state index in [1.807, 2.05) is 42.9 Å². The van der Waals surface area contributed by atoms with E-state index < -0.39 is 0 Å². The molecule has 2 heterocycles. The number of hydrogen-bond acceptors (Lipinski definition) is 4. The highest BCUT2D eigenvalue weighted by Gasteiger charge is 2.33. The summed E-state index contributed by atoms with van der Waals surface area (Å²) >= 11 is 1.48. The third-order valence-electron chi connectivity index (χ3n) is 3.39. The van der Waals surface area contributed by atoms with Gasteiger partial charge in [-0.25, -0.2) is 4.98 Å². The molecule has 1 aliphatic rings. The second-order valence-electron chi connectivity index (χ2n) is 4.94. The normalized spacial score (nSPS) is 22.0. The molecule has 104 valence electrons. The van der Waals surface area contributed by atoms with Crippen molar-refractivity contribution in [1.82, 2.24) is 9.55 Å². The molecule has 1 aromatic carbocycles. The summed E-state index contributed by atoms with van der Waals surface area (Å²) in [4.78, 5) is 16.1. The van der Waals surface area contributed by atoms with Gasteiger partial charge in [-0.1, -0.05) is 42.1 Å². The number of imidazole rings is 1. The van der Waals surface area contributed by atoms with Gasteiger partial charge < -0.3 is 9.30 Å². The molecular formula is C15H16N2O2S. The first-order valence-corrected chi connectivity index (χ1v) is 7.47. The van der Waals surface area contributed by atoms with E-state index in [4.69, 9.17) is 4.74 Å². The van der Waals surface area contributed by atoms with Gasteiger partial charge in [-0.15, -0.1) is 0 Å². The van der Waals surface area contributed by atoms with E-state index in [0.29, 0.717) is 0 Å². The van der Waals surface area contributed by atoms with Gasteiger partial charge in [0.05, 0.1) is 11.9 Å². The molecule has 0 unspecified atom stereocenters. The summed E-state index contributed by atoms with van der Waals surface area (Å²) in [6.07, 6.45) is 2.60. The summed E-state index contributed by atoms with van der Waals surface area (Å²) in [7, 11) is 1.97. The Bertz CT molecular complexity index is 624. The zero-order valence-electron chi connectivity index (χ0n) is 11.4. The number of ether oxygens (including phenoxy) is 1. The Balaban J connectivity index is 1.83. The van der Waals surface area contributed by atoms with Crippen LogP contribution in [0.1, 0.15) is 13.3 Å². The van der Waals surface area contributed by atoms with Gasteiger partial charge in [0.2, 0.25) is 0 Å². The molecule has 0 aliphatic carbocycles. The van der Waals surface area contributed by atoms with Crippen molar-refractivity contribution in [1.29, 1.82) is 0 Å². The van der Waals surface area contributed by atoms with Gasteiger partial charge in [0.1, 0.15) is 11.4 Å². The van der Waals surface area contributed by atoms with Crippen LogP contribution in [0.5, 0.6) is 0 Å². The molecule has 1 aliphatic heterocycles. The number of thioether (sulfide) groups is 1. The van der Waals surface area contributed by atoms with E-state index in [1.165, 1.54) is 11.8 Å². The molecule has 3 rings (SSSR count). The highest BCUT2D eigenvalue weighted by Crippen LogP contribution is 2.33. The van der Waals surface area contributed by atoms with E-state index in [0.717, 1.165) is 22.8 Å². The smallest absolute Gasteiger partial charge is 0.319 e. The van der Waals surface area contributed by atoms with Gasteiger partial charge in [0.25, 0.3) is 0 Å². The quantitative estimate of drug-likeness (QED) is 0.815. The Labute approximate surface area is 122 Å². The number of carbonyl (C=O) groups excluding carboxylic acids is 1. The lowest BCUT2D eigenvalue weighted by atomic mass is 10.2. The van der Waals surface area contributed by atoms with Crippen LogP contribution >= 0.6 is 11.8 Å². The highest BCUT2D eigenvalue weighted by molar-refractivity contribution is 8.00. The largest absolute Gasteiger partial charge is 0.462 e. The highest BCUT2D eigenvalue weighted by atomic mass is 32.2.